The van der Waals surface area contributed by atoms with Crippen LogP contribution in [0.3, 0.4) is 0 Å². The van der Waals surface area contributed by atoms with E-state index in [1.807, 2.05) is 0 Å². The van der Waals surface area contributed by atoms with Gasteiger partial charge in [0.05, 0.1) is 11.1 Å². The Labute approximate surface area is 131 Å². The van der Waals surface area contributed by atoms with E-state index in [9.17, 15) is 9.59 Å². The van der Waals surface area contributed by atoms with Gasteiger partial charge in [0.25, 0.3) is 0 Å². The monoisotopic (exact) mass is 304 g/mol. The summed E-state index contributed by atoms with van der Waals surface area (Å²) in [6, 6.07) is 4.01. The number of rotatable bonds is 3. The van der Waals surface area contributed by atoms with E-state index in [1.165, 1.54) is 37.8 Å². The average Bonchev–Trinajstić information content (AvgIpc) is 2.48. The third-order valence-electron chi connectivity index (χ3n) is 3.78. The fraction of sp³-hybridized carbons (Fsp3) is 0.444. The van der Waals surface area contributed by atoms with Crippen molar-refractivity contribution < 1.29 is 19.8 Å². The third kappa shape index (κ3) is 5.35. The molecule has 0 saturated heterocycles. The van der Waals surface area contributed by atoms with Gasteiger partial charge in [-0.25, -0.2) is 9.59 Å². The minimum absolute atomic E-state index is 0.0111. The fourth-order valence-corrected chi connectivity index (χ4v) is 2.37. The zero-order valence-electron chi connectivity index (χ0n) is 13.4. The van der Waals surface area contributed by atoms with Crippen molar-refractivity contribution in [3.05, 3.63) is 46.5 Å². The summed E-state index contributed by atoms with van der Waals surface area (Å²) in [4.78, 5) is 21.1. The summed E-state index contributed by atoms with van der Waals surface area (Å²) in [6.07, 6.45) is 7.94. The molecule has 1 aliphatic rings. The summed E-state index contributed by atoms with van der Waals surface area (Å²) in [6.45, 7) is 6.20. The Hall–Kier alpha value is -2.10. The van der Waals surface area contributed by atoms with Crippen LogP contribution in [0.25, 0.3) is 0 Å². The van der Waals surface area contributed by atoms with Crippen molar-refractivity contribution in [2.24, 2.45) is 5.92 Å². The molecule has 1 aliphatic carbocycles. The van der Waals surface area contributed by atoms with E-state index < -0.39 is 11.9 Å². The van der Waals surface area contributed by atoms with E-state index in [-0.39, 0.29) is 11.1 Å². The van der Waals surface area contributed by atoms with Crippen LogP contribution in [-0.2, 0) is 0 Å². The van der Waals surface area contributed by atoms with Crippen molar-refractivity contribution in [1.82, 2.24) is 0 Å². The van der Waals surface area contributed by atoms with Crippen LogP contribution in [0.5, 0.6) is 0 Å². The normalized spacial score (nSPS) is 13.9. The highest BCUT2D eigenvalue weighted by Gasteiger charge is 2.10. The summed E-state index contributed by atoms with van der Waals surface area (Å²) in [5.74, 6) is -1.44. The van der Waals surface area contributed by atoms with Crippen LogP contribution >= 0.6 is 0 Å². The summed E-state index contributed by atoms with van der Waals surface area (Å²) in [7, 11) is 0. The minimum Gasteiger partial charge on any atom is -0.478 e. The zero-order valence-corrected chi connectivity index (χ0v) is 13.4. The number of carboxylic acid groups (broad SMARTS) is 2. The van der Waals surface area contributed by atoms with Crippen molar-refractivity contribution in [1.29, 1.82) is 0 Å². The summed E-state index contributed by atoms with van der Waals surface area (Å²) >= 11 is 0. The molecule has 0 radical (unpaired) electrons. The Balaban J connectivity index is 0.000000235. The predicted molar refractivity (Wildman–Crippen MR) is 86.5 cm³/mol. The van der Waals surface area contributed by atoms with Gasteiger partial charge in [-0.05, 0) is 56.2 Å². The van der Waals surface area contributed by atoms with Gasteiger partial charge in [-0.15, -0.1) is 0 Å². The van der Waals surface area contributed by atoms with Crippen molar-refractivity contribution in [3.8, 4) is 0 Å². The van der Waals surface area contributed by atoms with E-state index in [0.717, 1.165) is 12.0 Å². The molecule has 0 aromatic heterocycles. The van der Waals surface area contributed by atoms with Gasteiger partial charge in [0.2, 0.25) is 0 Å². The molecule has 1 aromatic carbocycles. The van der Waals surface area contributed by atoms with Crippen LogP contribution in [0, 0.1) is 12.8 Å². The first-order valence-corrected chi connectivity index (χ1v) is 7.59. The van der Waals surface area contributed by atoms with Crippen molar-refractivity contribution in [3.63, 3.8) is 0 Å². The Morgan fingerprint density at radius 2 is 1.77 bits per heavy atom. The molecule has 0 unspecified atom stereocenters. The lowest BCUT2D eigenvalue weighted by Gasteiger charge is -2.15. The SMILES string of the molecule is CC(C)C1=CCCCC1.Cc1ccc(C(=O)O)cc1C(=O)O. The number of allylic oxidation sites excluding steroid dienone is 2. The molecule has 22 heavy (non-hydrogen) atoms. The molecule has 0 heterocycles. The highest BCUT2D eigenvalue weighted by Crippen LogP contribution is 2.23. The van der Waals surface area contributed by atoms with Gasteiger partial charge in [0.1, 0.15) is 0 Å². The second-order valence-corrected chi connectivity index (χ2v) is 5.82. The average molecular weight is 304 g/mol. The molecule has 0 atom stereocenters. The molecule has 1 aromatic rings. The summed E-state index contributed by atoms with van der Waals surface area (Å²) < 4.78 is 0. The van der Waals surface area contributed by atoms with Gasteiger partial charge >= 0.3 is 11.9 Å². The lowest BCUT2D eigenvalue weighted by molar-refractivity contribution is 0.0695. The van der Waals surface area contributed by atoms with E-state index >= 15 is 0 Å². The molecule has 2 N–H and O–H groups in total. The lowest BCUT2D eigenvalue weighted by Crippen LogP contribution is -2.03. The molecule has 0 saturated carbocycles. The fourth-order valence-electron chi connectivity index (χ4n) is 2.37. The van der Waals surface area contributed by atoms with E-state index in [4.69, 9.17) is 10.2 Å². The van der Waals surface area contributed by atoms with Crippen LogP contribution in [0.15, 0.2) is 29.8 Å². The maximum absolute atomic E-state index is 10.6. The zero-order chi connectivity index (χ0) is 16.7. The highest BCUT2D eigenvalue weighted by molar-refractivity contribution is 5.94. The van der Waals surface area contributed by atoms with Gasteiger partial charge in [-0.3, -0.25) is 0 Å². The second-order valence-electron chi connectivity index (χ2n) is 5.82. The number of carbonyl (C=O) groups is 2. The molecule has 0 aliphatic heterocycles. The Morgan fingerprint density at radius 1 is 1.09 bits per heavy atom. The maximum Gasteiger partial charge on any atom is 0.335 e. The Bertz CT molecular complexity index is 570. The molecule has 0 amide bonds. The Kier molecular flexibility index (Phi) is 6.83. The van der Waals surface area contributed by atoms with Crippen LogP contribution in [-0.4, -0.2) is 22.2 Å². The number of benzene rings is 1. The number of aromatic carboxylic acids is 2. The molecule has 4 heteroatoms. The maximum atomic E-state index is 10.6. The molecule has 0 fully saturated rings. The molecule has 0 spiro atoms. The van der Waals surface area contributed by atoms with Crippen molar-refractivity contribution in [2.45, 2.75) is 46.5 Å². The minimum atomic E-state index is -1.12. The number of carboxylic acids is 2. The van der Waals surface area contributed by atoms with Gasteiger partial charge in [-0.1, -0.05) is 31.6 Å². The molecule has 120 valence electrons. The van der Waals surface area contributed by atoms with Crippen LogP contribution < -0.4 is 0 Å². The standard InChI is InChI=1S/C9H8O4.C9H16/c1-5-2-3-6(8(10)11)4-7(5)9(12)13;1-8(2)9-6-4-3-5-7-9/h2-4H,1H3,(H,10,11)(H,12,13);6,8H,3-5,7H2,1-2H3. The summed E-state index contributed by atoms with van der Waals surface area (Å²) in [5.41, 5.74) is 2.25. The first kappa shape index (κ1) is 18.0. The van der Waals surface area contributed by atoms with Gasteiger partial charge in [0.15, 0.2) is 0 Å². The number of hydrogen-bond donors (Lipinski definition) is 2. The highest BCUT2D eigenvalue weighted by atomic mass is 16.4. The van der Waals surface area contributed by atoms with E-state index in [2.05, 4.69) is 19.9 Å². The molecular formula is C18H24O4. The van der Waals surface area contributed by atoms with Gasteiger partial charge < -0.3 is 10.2 Å². The van der Waals surface area contributed by atoms with E-state index in [0.29, 0.717) is 5.56 Å². The molecule has 4 nitrogen and oxygen atoms in total. The number of hydrogen-bond acceptors (Lipinski definition) is 2. The van der Waals surface area contributed by atoms with Gasteiger partial charge in [0, 0.05) is 0 Å². The first-order chi connectivity index (χ1) is 10.3. The lowest BCUT2D eigenvalue weighted by atomic mass is 9.92. The predicted octanol–water partition coefficient (Wildman–Crippen LogP) is 4.53. The summed E-state index contributed by atoms with van der Waals surface area (Å²) in [5, 5.41) is 17.3. The van der Waals surface area contributed by atoms with E-state index in [1.54, 1.807) is 12.5 Å². The Morgan fingerprint density at radius 3 is 2.18 bits per heavy atom. The molecular weight excluding hydrogens is 280 g/mol. The smallest absolute Gasteiger partial charge is 0.335 e. The third-order valence-corrected chi connectivity index (χ3v) is 3.78. The first-order valence-electron chi connectivity index (χ1n) is 7.59. The van der Waals surface area contributed by atoms with Crippen LogP contribution in [0.1, 0.15) is 65.8 Å². The quantitative estimate of drug-likeness (QED) is 0.804. The molecule has 2 rings (SSSR count). The largest absolute Gasteiger partial charge is 0.478 e. The number of aryl methyl sites for hydroxylation is 1. The van der Waals surface area contributed by atoms with Crippen LogP contribution in [0.2, 0.25) is 0 Å². The van der Waals surface area contributed by atoms with Crippen LogP contribution in [0.4, 0.5) is 0 Å². The second kappa shape index (κ2) is 8.37. The topological polar surface area (TPSA) is 74.6 Å². The van der Waals surface area contributed by atoms with Crippen molar-refractivity contribution in [2.75, 3.05) is 0 Å². The van der Waals surface area contributed by atoms with Gasteiger partial charge in [-0.2, -0.15) is 0 Å². The molecule has 0 bridgehead atoms. The van der Waals surface area contributed by atoms with Crippen molar-refractivity contribution >= 4 is 11.9 Å².